The van der Waals surface area contributed by atoms with Crippen LogP contribution < -0.4 is 16.0 Å². The molecule has 6 aromatic rings. The molecular weight excluding hydrogens is 979 g/mol. The highest BCUT2D eigenvalue weighted by molar-refractivity contribution is 7.23. The molecule has 2 aromatic carbocycles. The number of anilines is 2. The van der Waals surface area contributed by atoms with Crippen molar-refractivity contribution in [2.45, 2.75) is 158 Å². The molecule has 0 fully saturated rings. The molecule has 0 radical (unpaired) electrons. The number of benzene rings is 2. The van der Waals surface area contributed by atoms with Crippen molar-refractivity contribution in [3.8, 4) is 21.1 Å². The molecule has 18 heteroatoms. The molecule has 0 saturated heterocycles. The maximum atomic E-state index is 13.9. The molecule has 384 valence electrons. The molecule has 2 atom stereocenters. The largest absolute Gasteiger partial charge is 0.444 e. The number of ether oxygens (including phenoxy) is 1. The maximum Gasteiger partial charge on any atom is 0.410 e. The zero-order valence-corrected chi connectivity index (χ0v) is 46.3. The van der Waals surface area contributed by atoms with Crippen LogP contribution in [-0.2, 0) is 40.3 Å². The van der Waals surface area contributed by atoms with Gasteiger partial charge in [-0.25, -0.2) is 23.5 Å². The highest BCUT2D eigenvalue weighted by Gasteiger charge is 2.31. The summed E-state index contributed by atoms with van der Waals surface area (Å²) >= 11 is 6.33. The lowest BCUT2D eigenvalue weighted by atomic mass is 10.0. The summed E-state index contributed by atoms with van der Waals surface area (Å²) in [4.78, 5) is 57.4. The summed E-state index contributed by atoms with van der Waals surface area (Å²) in [5.74, 6) is -0.756. The minimum atomic E-state index is -0.611. The molecule has 0 spiro atoms. The molecule has 12 nitrogen and oxygen atoms in total. The van der Waals surface area contributed by atoms with Gasteiger partial charge in [0.1, 0.15) is 37.3 Å². The first-order valence-corrected chi connectivity index (χ1v) is 28.2. The van der Waals surface area contributed by atoms with Gasteiger partial charge in [0.15, 0.2) is 0 Å². The zero-order chi connectivity index (χ0) is 51.3. The predicted octanol–water partition coefficient (Wildman–Crippen LogP) is 12.9. The number of carbonyl (C=O) groups excluding carboxylic acids is 3. The molecule has 8 rings (SSSR count). The molecule has 2 aliphatic rings. The Kier molecular flexibility index (Phi) is 18.1. The molecule has 2 aliphatic heterocycles. The van der Waals surface area contributed by atoms with Crippen molar-refractivity contribution in [2.75, 3.05) is 36.8 Å². The summed E-state index contributed by atoms with van der Waals surface area (Å²) in [7, 11) is 0. The first-order valence-electron chi connectivity index (χ1n) is 24.9. The minimum absolute atomic E-state index is 0.00789. The minimum Gasteiger partial charge on any atom is -0.444 e. The van der Waals surface area contributed by atoms with Gasteiger partial charge >= 0.3 is 6.09 Å². The van der Waals surface area contributed by atoms with E-state index in [0.29, 0.717) is 42.1 Å². The van der Waals surface area contributed by atoms with Crippen molar-refractivity contribution in [3.05, 3.63) is 68.9 Å². The molecule has 4 aromatic heterocycles. The van der Waals surface area contributed by atoms with Crippen molar-refractivity contribution in [1.82, 2.24) is 30.0 Å². The highest BCUT2D eigenvalue weighted by Crippen LogP contribution is 2.47. The number of aromatic nitrogens is 2. The summed E-state index contributed by atoms with van der Waals surface area (Å²) in [6, 6.07) is 10.6. The van der Waals surface area contributed by atoms with Crippen molar-refractivity contribution in [3.63, 3.8) is 0 Å². The van der Waals surface area contributed by atoms with E-state index in [2.05, 4.69) is 67.3 Å². The predicted molar refractivity (Wildman–Crippen MR) is 291 cm³/mol. The smallest absolute Gasteiger partial charge is 0.410 e. The summed E-state index contributed by atoms with van der Waals surface area (Å²) in [6.45, 7) is 27.1. The molecule has 6 heterocycles. The van der Waals surface area contributed by atoms with Crippen LogP contribution in [0.3, 0.4) is 0 Å². The van der Waals surface area contributed by atoms with Gasteiger partial charge in [0.25, 0.3) is 0 Å². The fourth-order valence-corrected chi connectivity index (χ4v) is 13.3. The van der Waals surface area contributed by atoms with Crippen LogP contribution in [0.15, 0.2) is 36.4 Å². The molecular formula is C53H70F2N8O4S4. The van der Waals surface area contributed by atoms with Gasteiger partial charge in [-0.05, 0) is 123 Å². The topological polar surface area (TPSA) is 132 Å². The lowest BCUT2D eigenvalue weighted by Crippen LogP contribution is -2.43. The number of rotatable bonds is 16. The van der Waals surface area contributed by atoms with E-state index in [-0.39, 0.29) is 42.5 Å². The van der Waals surface area contributed by atoms with E-state index in [1.807, 2.05) is 34.6 Å². The SMILES string of the molecule is CCC(C)N(CCC(=O)Nc1sc2c(c1-c1nc3cc(F)ccc3s1)CCN(C(C)C)C2)C(=O)OC(C)(C)C.CCC(C)NCCC(=O)Nc1sc2c(c1-c1nc3cc(F)ccc3s1)CCN(C(C)C)C2. The van der Waals surface area contributed by atoms with E-state index < -0.39 is 11.7 Å². The van der Waals surface area contributed by atoms with Crippen molar-refractivity contribution >= 4 is 93.7 Å². The van der Waals surface area contributed by atoms with Gasteiger partial charge in [-0.15, -0.1) is 45.3 Å². The molecule has 3 N–H and O–H groups in total. The Labute approximate surface area is 433 Å². The van der Waals surface area contributed by atoms with Crippen LogP contribution in [-0.4, -0.2) is 98.5 Å². The second-order valence-corrected chi connectivity index (χ2v) is 24.4. The number of thiophene rings is 2. The van der Waals surface area contributed by atoms with E-state index in [1.165, 1.54) is 56.5 Å². The fraction of sp³-hybridized carbons (Fsp3) is 0.528. The number of fused-ring (bicyclic) bond motifs is 4. The third-order valence-corrected chi connectivity index (χ3v) is 17.4. The van der Waals surface area contributed by atoms with E-state index in [9.17, 15) is 23.2 Å². The van der Waals surface area contributed by atoms with Crippen LogP contribution in [0.1, 0.15) is 123 Å². The number of nitrogens with one attached hydrogen (secondary N) is 3. The normalized spacial score (nSPS) is 15.1. The zero-order valence-electron chi connectivity index (χ0n) is 43.0. The molecule has 2 unspecified atom stereocenters. The number of carbonyl (C=O) groups is 3. The second-order valence-electron chi connectivity index (χ2n) is 20.1. The highest BCUT2D eigenvalue weighted by atomic mass is 32.1. The molecule has 0 bridgehead atoms. The quantitative estimate of drug-likeness (QED) is 0.0867. The van der Waals surface area contributed by atoms with Crippen molar-refractivity contribution in [2.24, 2.45) is 0 Å². The Morgan fingerprint density at radius 3 is 1.63 bits per heavy atom. The average Bonchev–Trinajstić information content (AvgIpc) is 4.09. The Morgan fingerprint density at radius 1 is 0.718 bits per heavy atom. The van der Waals surface area contributed by atoms with Crippen LogP contribution in [0, 0.1) is 11.6 Å². The Morgan fingerprint density at radius 2 is 1.20 bits per heavy atom. The summed E-state index contributed by atoms with van der Waals surface area (Å²) in [5, 5.41) is 13.0. The van der Waals surface area contributed by atoms with Crippen molar-refractivity contribution < 1.29 is 27.9 Å². The lowest BCUT2D eigenvalue weighted by molar-refractivity contribution is -0.117. The molecule has 0 aliphatic carbocycles. The average molecular weight is 1050 g/mol. The number of amides is 3. The van der Waals surface area contributed by atoms with Crippen molar-refractivity contribution in [1.29, 1.82) is 0 Å². The van der Waals surface area contributed by atoms with Gasteiger partial charge in [-0.3, -0.25) is 19.4 Å². The van der Waals surface area contributed by atoms with Gasteiger partial charge in [0, 0.05) is 109 Å². The summed E-state index contributed by atoms with van der Waals surface area (Å²) in [6.07, 6.45) is 3.74. The van der Waals surface area contributed by atoms with E-state index in [1.54, 1.807) is 51.0 Å². The third kappa shape index (κ3) is 13.6. The maximum absolute atomic E-state index is 13.9. The third-order valence-electron chi connectivity index (χ3n) is 13.1. The lowest BCUT2D eigenvalue weighted by Gasteiger charge is -2.31. The standard InChI is InChI=1S/C29H39FN4O3S2.C24H31FN4OS2/c1-8-18(4)34(28(36)37-29(5,6)7)14-12-24(35)32-27-25(20-11-13-33(17(2)3)16-23(20)39-27)26-31-21-15-19(30)9-10-22(21)38-26;1-5-15(4)26-10-8-21(30)28-24-22(17-9-11-29(14(2)3)13-20(17)32-24)23-27-18-12-16(25)6-7-19(18)31-23/h9-10,15,17-18H,8,11-14,16H2,1-7H3,(H,32,35);6-7,12,14-15,26H,5,8-11,13H2,1-4H3,(H,28,30). The van der Waals surface area contributed by atoms with E-state index in [0.717, 1.165) is 92.4 Å². The molecule has 0 saturated carbocycles. The summed E-state index contributed by atoms with van der Waals surface area (Å²) < 4.78 is 35.1. The number of nitrogens with zero attached hydrogens (tertiary/aromatic N) is 5. The van der Waals surface area contributed by atoms with Gasteiger partial charge < -0.3 is 25.6 Å². The fourth-order valence-electron chi connectivity index (χ4n) is 8.58. The second kappa shape index (κ2) is 23.6. The number of hydrogen-bond donors (Lipinski definition) is 3. The monoisotopic (exact) mass is 1050 g/mol. The first-order chi connectivity index (χ1) is 33.7. The van der Waals surface area contributed by atoms with Gasteiger partial charge in [-0.2, -0.15) is 0 Å². The number of halogens is 2. The summed E-state index contributed by atoms with van der Waals surface area (Å²) in [5.41, 5.74) is 5.13. The van der Waals surface area contributed by atoms with Crippen LogP contribution >= 0.6 is 45.3 Å². The van der Waals surface area contributed by atoms with Gasteiger partial charge in [0.2, 0.25) is 11.8 Å². The van der Waals surface area contributed by atoms with Gasteiger partial charge in [-0.1, -0.05) is 13.8 Å². The van der Waals surface area contributed by atoms with Crippen LogP contribution in [0.4, 0.5) is 23.6 Å². The number of thiazole rings is 2. The van der Waals surface area contributed by atoms with Crippen LogP contribution in [0.5, 0.6) is 0 Å². The molecule has 3 amide bonds. The first kappa shape index (κ1) is 54.3. The van der Waals surface area contributed by atoms with E-state index in [4.69, 9.17) is 14.7 Å². The molecule has 71 heavy (non-hydrogen) atoms. The Hall–Kier alpha value is -4.43. The Balaban J connectivity index is 0.000000213. The van der Waals surface area contributed by atoms with E-state index >= 15 is 0 Å². The van der Waals surface area contributed by atoms with Crippen LogP contribution in [0.25, 0.3) is 41.6 Å². The number of hydrogen-bond acceptors (Lipinski definition) is 13. The van der Waals surface area contributed by atoms with Gasteiger partial charge in [0.05, 0.1) is 20.4 Å². The Bertz CT molecular complexity index is 2830. The van der Waals surface area contributed by atoms with Crippen LogP contribution in [0.2, 0.25) is 0 Å².